The molecule has 1 amide bonds. The molecule has 23 heavy (non-hydrogen) atoms. The highest BCUT2D eigenvalue weighted by Gasteiger charge is 2.27. The molecule has 2 atom stereocenters. The van der Waals surface area contributed by atoms with Crippen LogP contribution in [0.5, 0.6) is 0 Å². The van der Waals surface area contributed by atoms with Crippen molar-refractivity contribution in [3.05, 3.63) is 29.6 Å². The summed E-state index contributed by atoms with van der Waals surface area (Å²) in [4.78, 5) is 16.5. The van der Waals surface area contributed by atoms with E-state index in [2.05, 4.69) is 4.90 Å². The van der Waals surface area contributed by atoms with Crippen LogP contribution in [0.1, 0.15) is 43.0 Å². The van der Waals surface area contributed by atoms with Gasteiger partial charge in [0.1, 0.15) is 5.82 Å². The van der Waals surface area contributed by atoms with Crippen LogP contribution in [0.2, 0.25) is 0 Å². The predicted octanol–water partition coefficient (Wildman–Crippen LogP) is 2.63. The van der Waals surface area contributed by atoms with Crippen LogP contribution in [0.3, 0.4) is 0 Å². The third kappa shape index (κ3) is 3.50. The first kappa shape index (κ1) is 16.2. The van der Waals surface area contributed by atoms with E-state index in [1.165, 1.54) is 6.07 Å². The number of amides is 1. The Morgan fingerprint density at radius 1 is 1.26 bits per heavy atom. The molecule has 126 valence electrons. The first-order chi connectivity index (χ1) is 11.1. The van der Waals surface area contributed by atoms with Crippen LogP contribution in [0.25, 0.3) is 0 Å². The Hall–Kier alpha value is -1.62. The van der Waals surface area contributed by atoms with Gasteiger partial charge in [-0.3, -0.25) is 4.79 Å². The Balaban J connectivity index is 1.73. The van der Waals surface area contributed by atoms with Gasteiger partial charge in [-0.1, -0.05) is 0 Å². The molecular weight excluding hydrogens is 293 g/mol. The zero-order valence-corrected chi connectivity index (χ0v) is 13.8. The summed E-state index contributed by atoms with van der Waals surface area (Å²) in [5.41, 5.74) is 7.04. The van der Waals surface area contributed by atoms with Crippen LogP contribution in [0.4, 0.5) is 10.1 Å². The van der Waals surface area contributed by atoms with Gasteiger partial charge in [-0.2, -0.15) is 0 Å². The average molecular weight is 319 g/mol. The minimum absolute atomic E-state index is 0.0813. The maximum absolute atomic E-state index is 14.4. The van der Waals surface area contributed by atoms with Crippen molar-refractivity contribution in [1.82, 2.24) is 4.90 Å². The summed E-state index contributed by atoms with van der Waals surface area (Å²) >= 11 is 0. The second kappa shape index (κ2) is 6.87. The van der Waals surface area contributed by atoms with Crippen molar-refractivity contribution in [1.29, 1.82) is 0 Å². The Bertz CT molecular complexity index is 569. The molecule has 1 aromatic carbocycles. The number of nitrogens with zero attached hydrogens (tertiary/aromatic N) is 2. The molecule has 2 heterocycles. The highest BCUT2D eigenvalue weighted by Crippen LogP contribution is 2.26. The Morgan fingerprint density at radius 3 is 2.65 bits per heavy atom. The van der Waals surface area contributed by atoms with Crippen molar-refractivity contribution in [2.45, 2.75) is 38.6 Å². The van der Waals surface area contributed by atoms with E-state index in [0.29, 0.717) is 23.7 Å². The monoisotopic (exact) mass is 319 g/mol. The average Bonchev–Trinajstić information content (AvgIpc) is 3.08. The van der Waals surface area contributed by atoms with Crippen molar-refractivity contribution in [2.24, 2.45) is 11.7 Å². The molecule has 0 aromatic heterocycles. The smallest absolute Gasteiger partial charge is 0.253 e. The summed E-state index contributed by atoms with van der Waals surface area (Å²) in [7, 11) is 0. The van der Waals surface area contributed by atoms with Gasteiger partial charge in [0.2, 0.25) is 0 Å². The van der Waals surface area contributed by atoms with Crippen LogP contribution in [0.15, 0.2) is 18.2 Å². The standard InChI is InChI=1S/C18H26FN3O/c1-13(20)15-5-4-10-22(12-15)18(23)14-6-7-17(16(19)11-14)21-8-2-3-9-21/h6-7,11,13,15H,2-5,8-10,12,20H2,1H3/t13-,15-/m0/s1. The predicted molar refractivity (Wildman–Crippen MR) is 90.1 cm³/mol. The number of nitrogens with two attached hydrogens (primary N) is 1. The molecule has 2 aliphatic heterocycles. The largest absolute Gasteiger partial charge is 0.369 e. The van der Waals surface area contributed by atoms with E-state index in [4.69, 9.17) is 5.73 Å². The first-order valence-electron chi connectivity index (χ1n) is 8.65. The van der Waals surface area contributed by atoms with Crippen molar-refractivity contribution in [3.8, 4) is 0 Å². The molecule has 5 heteroatoms. The molecule has 0 bridgehead atoms. The van der Waals surface area contributed by atoms with Crippen molar-refractivity contribution in [3.63, 3.8) is 0 Å². The van der Waals surface area contributed by atoms with E-state index < -0.39 is 0 Å². The molecule has 2 N–H and O–H groups in total. The number of piperidine rings is 1. The van der Waals surface area contributed by atoms with Crippen molar-refractivity contribution < 1.29 is 9.18 Å². The Labute approximate surface area is 137 Å². The molecule has 4 nitrogen and oxygen atoms in total. The molecule has 0 unspecified atom stereocenters. The second-order valence-corrected chi connectivity index (χ2v) is 6.87. The quantitative estimate of drug-likeness (QED) is 0.932. The number of rotatable bonds is 3. The van der Waals surface area contributed by atoms with E-state index in [0.717, 1.165) is 45.3 Å². The maximum atomic E-state index is 14.4. The second-order valence-electron chi connectivity index (χ2n) is 6.87. The van der Waals surface area contributed by atoms with Gasteiger partial charge >= 0.3 is 0 Å². The summed E-state index contributed by atoms with van der Waals surface area (Å²) < 4.78 is 14.4. The summed E-state index contributed by atoms with van der Waals surface area (Å²) in [5, 5.41) is 0. The number of carbonyl (C=O) groups excluding carboxylic acids is 1. The molecule has 0 radical (unpaired) electrons. The summed E-state index contributed by atoms with van der Waals surface area (Å²) in [6.45, 7) is 5.19. The molecular formula is C18H26FN3O. The molecule has 0 saturated carbocycles. The van der Waals surface area contributed by atoms with Gasteiger partial charge in [0, 0.05) is 37.8 Å². The summed E-state index contributed by atoms with van der Waals surface area (Å²) in [6.07, 6.45) is 4.23. The molecule has 1 aromatic rings. The van der Waals surface area contributed by atoms with E-state index in [9.17, 15) is 9.18 Å². The van der Waals surface area contributed by atoms with Crippen LogP contribution < -0.4 is 10.6 Å². The summed E-state index contributed by atoms with van der Waals surface area (Å²) in [5.74, 6) is -0.0397. The van der Waals surface area contributed by atoms with Crippen LogP contribution in [-0.2, 0) is 0 Å². The number of anilines is 1. The van der Waals surface area contributed by atoms with Gasteiger partial charge in [0.05, 0.1) is 5.69 Å². The number of likely N-dealkylation sites (tertiary alicyclic amines) is 1. The lowest BCUT2D eigenvalue weighted by atomic mass is 9.92. The third-order valence-electron chi connectivity index (χ3n) is 5.13. The highest BCUT2D eigenvalue weighted by molar-refractivity contribution is 5.94. The topological polar surface area (TPSA) is 49.6 Å². The molecule has 2 fully saturated rings. The lowest BCUT2D eigenvalue weighted by Crippen LogP contribution is -2.45. The normalized spacial score (nSPS) is 23.2. The number of hydrogen-bond acceptors (Lipinski definition) is 3. The van der Waals surface area contributed by atoms with Gasteiger partial charge in [-0.25, -0.2) is 4.39 Å². The molecule has 3 rings (SSSR count). The fourth-order valence-corrected chi connectivity index (χ4v) is 3.66. The highest BCUT2D eigenvalue weighted by atomic mass is 19.1. The first-order valence-corrected chi connectivity index (χ1v) is 8.65. The summed E-state index contributed by atoms with van der Waals surface area (Å²) in [6, 6.07) is 4.99. The number of halogens is 1. The van der Waals surface area contributed by atoms with Gasteiger partial charge in [-0.15, -0.1) is 0 Å². The van der Waals surface area contributed by atoms with Gasteiger partial charge in [0.25, 0.3) is 5.91 Å². The lowest BCUT2D eigenvalue weighted by Gasteiger charge is -2.34. The number of carbonyl (C=O) groups is 1. The van der Waals surface area contributed by atoms with Crippen LogP contribution >= 0.6 is 0 Å². The fourth-order valence-electron chi connectivity index (χ4n) is 3.66. The Kier molecular flexibility index (Phi) is 4.85. The van der Waals surface area contributed by atoms with Crippen molar-refractivity contribution >= 4 is 11.6 Å². The van der Waals surface area contributed by atoms with Crippen molar-refractivity contribution in [2.75, 3.05) is 31.1 Å². The number of hydrogen-bond donors (Lipinski definition) is 1. The lowest BCUT2D eigenvalue weighted by molar-refractivity contribution is 0.0660. The number of benzene rings is 1. The van der Waals surface area contributed by atoms with Gasteiger partial charge in [0.15, 0.2) is 0 Å². The maximum Gasteiger partial charge on any atom is 0.253 e. The van der Waals surface area contributed by atoms with Gasteiger partial charge in [-0.05, 0) is 56.7 Å². The van der Waals surface area contributed by atoms with Gasteiger partial charge < -0.3 is 15.5 Å². The van der Waals surface area contributed by atoms with E-state index in [-0.39, 0.29) is 17.8 Å². The van der Waals surface area contributed by atoms with E-state index in [1.54, 1.807) is 12.1 Å². The fraction of sp³-hybridized carbons (Fsp3) is 0.611. The minimum Gasteiger partial charge on any atom is -0.369 e. The Morgan fingerprint density at radius 2 is 2.00 bits per heavy atom. The molecule has 0 aliphatic carbocycles. The zero-order chi connectivity index (χ0) is 16.4. The zero-order valence-electron chi connectivity index (χ0n) is 13.8. The van der Waals surface area contributed by atoms with Crippen LogP contribution in [-0.4, -0.2) is 43.0 Å². The van der Waals surface area contributed by atoms with E-state index >= 15 is 0 Å². The molecule has 2 saturated heterocycles. The minimum atomic E-state index is -0.293. The molecule has 2 aliphatic rings. The van der Waals surface area contributed by atoms with Crippen LogP contribution in [0, 0.1) is 11.7 Å². The third-order valence-corrected chi connectivity index (χ3v) is 5.13. The SMILES string of the molecule is C[C@H](N)[C@H]1CCCN(C(=O)c2ccc(N3CCCC3)c(F)c2)C1. The van der Waals surface area contributed by atoms with E-state index in [1.807, 2.05) is 11.8 Å². The molecule has 0 spiro atoms.